The lowest BCUT2D eigenvalue weighted by Gasteiger charge is -1.99. The van der Waals surface area contributed by atoms with Crippen LogP contribution in [0.2, 0.25) is 5.02 Å². The molecule has 1 aromatic rings. The van der Waals surface area contributed by atoms with Crippen molar-refractivity contribution in [3.63, 3.8) is 0 Å². The van der Waals surface area contributed by atoms with E-state index in [0.717, 1.165) is 4.47 Å². The number of halogens is 3. The molecule has 5 heteroatoms. The number of nitrogens with two attached hydrogens (primary N) is 1. The van der Waals surface area contributed by atoms with Crippen LogP contribution in [-0.2, 0) is 0 Å². The van der Waals surface area contributed by atoms with Crippen LogP contribution in [0, 0.1) is 0 Å². The molecule has 0 spiro atoms. The van der Waals surface area contributed by atoms with Gasteiger partial charge in [0.25, 0.3) is 0 Å². The zero-order chi connectivity index (χ0) is 9.14. The molecule has 1 aromatic carbocycles. The summed E-state index contributed by atoms with van der Waals surface area (Å²) >= 11 is 8.96. The minimum Gasteiger partial charge on any atom is -0.324 e. The van der Waals surface area contributed by atoms with E-state index in [1.165, 1.54) is 0 Å². The van der Waals surface area contributed by atoms with Crippen molar-refractivity contribution in [3.8, 4) is 0 Å². The van der Waals surface area contributed by atoms with Crippen LogP contribution >= 0.6 is 39.9 Å². The van der Waals surface area contributed by atoms with Crippen LogP contribution in [0.15, 0.2) is 22.7 Å². The van der Waals surface area contributed by atoms with E-state index in [2.05, 4.69) is 15.9 Å². The van der Waals surface area contributed by atoms with E-state index >= 15 is 0 Å². The molecule has 0 amide bonds. The van der Waals surface area contributed by atoms with E-state index in [1.54, 1.807) is 18.2 Å². The van der Waals surface area contributed by atoms with Crippen molar-refractivity contribution in [2.24, 2.45) is 5.73 Å². The second-order valence-corrected chi connectivity index (χ2v) is 3.64. The third kappa shape index (κ3) is 3.65. The highest BCUT2D eigenvalue weighted by Gasteiger charge is 2.04. The molecule has 0 heterocycles. The molecule has 2 nitrogen and oxygen atoms in total. The average Bonchev–Trinajstić information content (AvgIpc) is 2.01. The van der Waals surface area contributed by atoms with Gasteiger partial charge in [-0.15, -0.1) is 12.4 Å². The Morgan fingerprint density at radius 1 is 1.46 bits per heavy atom. The molecule has 72 valence electrons. The molecule has 0 atom stereocenters. The average molecular weight is 285 g/mol. The fraction of sp³-hybridized carbons (Fsp3) is 0.125. The van der Waals surface area contributed by atoms with Crippen molar-refractivity contribution in [2.45, 2.75) is 0 Å². The van der Waals surface area contributed by atoms with Crippen LogP contribution in [0.5, 0.6) is 0 Å². The third-order valence-electron chi connectivity index (χ3n) is 1.37. The van der Waals surface area contributed by atoms with Gasteiger partial charge in [-0.05, 0) is 18.2 Å². The Bertz CT molecular complexity index is 297. The lowest BCUT2D eigenvalue weighted by atomic mass is 10.1. The van der Waals surface area contributed by atoms with E-state index in [1.807, 2.05) is 0 Å². The van der Waals surface area contributed by atoms with Gasteiger partial charge in [-0.1, -0.05) is 27.5 Å². The Hall–Kier alpha value is -0.0900. The Kier molecular flexibility index (Phi) is 5.56. The summed E-state index contributed by atoms with van der Waals surface area (Å²) in [4.78, 5) is 11.1. The summed E-state index contributed by atoms with van der Waals surface area (Å²) in [6.45, 7) is 0.00673. The molecule has 0 unspecified atom stereocenters. The highest BCUT2D eigenvalue weighted by Crippen LogP contribution is 2.19. The first-order valence-electron chi connectivity index (χ1n) is 3.33. The maximum atomic E-state index is 11.1. The molecule has 0 bridgehead atoms. The van der Waals surface area contributed by atoms with Crippen LogP contribution in [0.3, 0.4) is 0 Å². The Labute approximate surface area is 96.0 Å². The monoisotopic (exact) mass is 283 g/mol. The highest BCUT2D eigenvalue weighted by atomic mass is 79.9. The quantitative estimate of drug-likeness (QED) is 0.849. The van der Waals surface area contributed by atoms with Gasteiger partial charge in [0.2, 0.25) is 0 Å². The summed E-state index contributed by atoms with van der Waals surface area (Å²) in [5, 5.41) is 0.529. The smallest absolute Gasteiger partial charge is 0.176 e. The molecule has 0 radical (unpaired) electrons. The van der Waals surface area contributed by atoms with Crippen molar-refractivity contribution in [3.05, 3.63) is 33.3 Å². The maximum absolute atomic E-state index is 11.1. The van der Waals surface area contributed by atoms with Crippen molar-refractivity contribution >= 4 is 45.7 Å². The molecule has 0 aromatic heterocycles. The van der Waals surface area contributed by atoms with Gasteiger partial charge in [0, 0.05) is 15.1 Å². The van der Waals surface area contributed by atoms with Crippen molar-refractivity contribution < 1.29 is 4.79 Å². The van der Waals surface area contributed by atoms with E-state index in [4.69, 9.17) is 17.3 Å². The van der Waals surface area contributed by atoms with Gasteiger partial charge in [0.1, 0.15) is 0 Å². The zero-order valence-corrected chi connectivity index (χ0v) is 9.75. The second kappa shape index (κ2) is 5.60. The summed E-state index contributed by atoms with van der Waals surface area (Å²) in [5.41, 5.74) is 5.74. The fourth-order valence-corrected chi connectivity index (χ4v) is 1.69. The first kappa shape index (κ1) is 12.9. The standard InChI is InChI=1S/C8H7BrClNO.ClH/c9-6-1-5(8(12)4-11)2-7(10)3-6;/h1-3H,4,11H2;1H. The van der Waals surface area contributed by atoms with Gasteiger partial charge in [0.15, 0.2) is 5.78 Å². The van der Waals surface area contributed by atoms with Crippen molar-refractivity contribution in [2.75, 3.05) is 6.54 Å². The van der Waals surface area contributed by atoms with Gasteiger partial charge >= 0.3 is 0 Å². The molecule has 13 heavy (non-hydrogen) atoms. The molecule has 0 aliphatic carbocycles. The van der Waals surface area contributed by atoms with Crippen LogP contribution < -0.4 is 5.73 Å². The molecule has 1 rings (SSSR count). The summed E-state index contributed by atoms with van der Waals surface area (Å²) in [7, 11) is 0. The summed E-state index contributed by atoms with van der Waals surface area (Å²) in [6.07, 6.45) is 0. The predicted octanol–water partition coefficient (Wildman–Crippen LogP) is 2.67. The second-order valence-electron chi connectivity index (χ2n) is 2.29. The van der Waals surface area contributed by atoms with E-state index < -0.39 is 0 Å². The number of rotatable bonds is 2. The molecule has 0 saturated heterocycles. The number of Topliss-reactive ketones (excluding diaryl/α,β-unsaturated/α-hetero) is 1. The van der Waals surface area contributed by atoms with E-state index in [0.29, 0.717) is 10.6 Å². The number of carbonyl (C=O) groups excluding carboxylic acids is 1. The van der Waals surface area contributed by atoms with E-state index in [9.17, 15) is 4.79 Å². The molecular formula is C8H8BrCl2NO. The molecule has 0 fully saturated rings. The third-order valence-corrected chi connectivity index (χ3v) is 2.05. The van der Waals surface area contributed by atoms with Crippen LogP contribution in [0.1, 0.15) is 10.4 Å². The van der Waals surface area contributed by atoms with Crippen LogP contribution in [-0.4, -0.2) is 12.3 Å². The molecule has 0 saturated carbocycles. The normalized spacial score (nSPS) is 9.15. The van der Waals surface area contributed by atoms with Crippen molar-refractivity contribution in [1.82, 2.24) is 0 Å². The van der Waals surface area contributed by atoms with Gasteiger partial charge in [0.05, 0.1) is 6.54 Å². The maximum Gasteiger partial charge on any atom is 0.176 e. The molecule has 0 aliphatic heterocycles. The first-order chi connectivity index (χ1) is 5.63. The largest absolute Gasteiger partial charge is 0.324 e. The Morgan fingerprint density at radius 3 is 2.54 bits per heavy atom. The number of hydrogen-bond donors (Lipinski definition) is 1. The Morgan fingerprint density at radius 2 is 2.08 bits per heavy atom. The van der Waals surface area contributed by atoms with Gasteiger partial charge < -0.3 is 5.73 Å². The minimum atomic E-state index is -0.113. The van der Waals surface area contributed by atoms with Gasteiger partial charge in [-0.3, -0.25) is 4.79 Å². The molecule has 0 aliphatic rings. The lowest BCUT2D eigenvalue weighted by molar-refractivity contribution is 0.100. The lowest BCUT2D eigenvalue weighted by Crippen LogP contribution is -2.13. The number of carbonyl (C=O) groups is 1. The predicted molar refractivity (Wildman–Crippen MR) is 59.8 cm³/mol. The van der Waals surface area contributed by atoms with Crippen molar-refractivity contribution in [1.29, 1.82) is 0 Å². The summed E-state index contributed by atoms with van der Waals surface area (Å²) < 4.78 is 0.784. The summed E-state index contributed by atoms with van der Waals surface area (Å²) in [6, 6.07) is 5.01. The SMILES string of the molecule is Cl.NCC(=O)c1cc(Cl)cc(Br)c1. The number of hydrogen-bond acceptors (Lipinski definition) is 2. The van der Waals surface area contributed by atoms with Crippen LogP contribution in [0.25, 0.3) is 0 Å². The number of ketones is 1. The van der Waals surface area contributed by atoms with Crippen LogP contribution in [0.4, 0.5) is 0 Å². The Balaban J connectivity index is 0.00000144. The molecular weight excluding hydrogens is 277 g/mol. The summed E-state index contributed by atoms with van der Waals surface area (Å²) in [5.74, 6) is -0.113. The fourth-order valence-electron chi connectivity index (χ4n) is 0.833. The van der Waals surface area contributed by atoms with E-state index in [-0.39, 0.29) is 24.7 Å². The zero-order valence-electron chi connectivity index (χ0n) is 6.59. The first-order valence-corrected chi connectivity index (χ1v) is 4.50. The molecule has 2 N–H and O–H groups in total. The number of benzene rings is 1. The highest BCUT2D eigenvalue weighted by molar-refractivity contribution is 9.10. The van der Waals surface area contributed by atoms with Gasteiger partial charge in [-0.2, -0.15) is 0 Å². The minimum absolute atomic E-state index is 0. The topological polar surface area (TPSA) is 43.1 Å². The van der Waals surface area contributed by atoms with Gasteiger partial charge in [-0.25, -0.2) is 0 Å².